The minimum absolute atomic E-state index is 0.00231. The summed E-state index contributed by atoms with van der Waals surface area (Å²) in [6, 6.07) is 1.88. The molecule has 2 aliphatic carbocycles. The minimum atomic E-state index is -3.71. The van der Waals surface area contributed by atoms with E-state index in [0.29, 0.717) is 40.4 Å². The molecule has 2 aromatic rings. The van der Waals surface area contributed by atoms with Crippen LogP contribution in [0, 0.1) is 18.8 Å². The van der Waals surface area contributed by atoms with Gasteiger partial charge in [0.2, 0.25) is 27.6 Å². The van der Waals surface area contributed by atoms with Crippen molar-refractivity contribution < 1.29 is 17.7 Å². The van der Waals surface area contributed by atoms with E-state index >= 15 is 0 Å². The predicted molar refractivity (Wildman–Crippen MR) is 130 cm³/mol. The molecule has 2 saturated carbocycles. The highest BCUT2D eigenvalue weighted by atomic mass is 32.2. The normalized spacial score (nSPS) is 26.8. The zero-order chi connectivity index (χ0) is 23.9. The lowest BCUT2D eigenvalue weighted by Crippen LogP contribution is -2.48. The molecule has 3 fully saturated rings. The predicted octanol–water partition coefficient (Wildman–Crippen LogP) is 4.47. The van der Waals surface area contributed by atoms with Crippen LogP contribution in [0.15, 0.2) is 15.5 Å². The van der Waals surface area contributed by atoms with Crippen molar-refractivity contribution in [1.29, 1.82) is 0 Å². The first-order valence-corrected chi connectivity index (χ1v) is 14.8. The molecular formula is C24H34N4O4S2. The maximum absolute atomic E-state index is 13.6. The third-order valence-corrected chi connectivity index (χ3v) is 10.9. The Balaban J connectivity index is 1.27. The average molecular weight is 507 g/mol. The van der Waals surface area contributed by atoms with Crippen LogP contribution < -0.4 is 5.32 Å². The van der Waals surface area contributed by atoms with E-state index in [4.69, 9.17) is 4.52 Å². The molecule has 0 spiro atoms. The Bertz CT molecular complexity index is 1130. The van der Waals surface area contributed by atoms with Crippen molar-refractivity contribution in [3.05, 3.63) is 16.8 Å². The minimum Gasteiger partial charge on any atom is -0.353 e. The van der Waals surface area contributed by atoms with Gasteiger partial charge in [0, 0.05) is 29.9 Å². The van der Waals surface area contributed by atoms with E-state index in [0.717, 1.165) is 50.9 Å². The Kier molecular flexibility index (Phi) is 6.83. The number of rotatable bonds is 6. The van der Waals surface area contributed by atoms with Gasteiger partial charge in [-0.25, -0.2) is 8.42 Å². The second kappa shape index (κ2) is 9.70. The molecule has 1 amide bonds. The van der Waals surface area contributed by atoms with Gasteiger partial charge in [-0.15, -0.1) is 11.3 Å². The molecule has 0 aromatic carbocycles. The molecule has 8 nitrogen and oxygen atoms in total. The molecule has 0 radical (unpaired) electrons. The summed E-state index contributed by atoms with van der Waals surface area (Å²) in [5, 5.41) is 7.29. The molecule has 10 heteroatoms. The number of hydrogen-bond acceptors (Lipinski definition) is 7. The number of thiophene rings is 1. The van der Waals surface area contributed by atoms with E-state index in [1.54, 1.807) is 6.07 Å². The third-order valence-electron chi connectivity index (χ3n) is 7.72. The van der Waals surface area contributed by atoms with Gasteiger partial charge >= 0.3 is 0 Å². The topological polar surface area (TPSA) is 105 Å². The van der Waals surface area contributed by atoms with Crippen LogP contribution in [0.25, 0.3) is 10.7 Å². The van der Waals surface area contributed by atoms with Gasteiger partial charge < -0.3 is 9.84 Å². The van der Waals surface area contributed by atoms with Gasteiger partial charge in [-0.05, 0) is 70.3 Å². The van der Waals surface area contributed by atoms with E-state index < -0.39 is 10.0 Å². The fourth-order valence-corrected chi connectivity index (χ4v) is 8.24. The average Bonchev–Trinajstić information content (AvgIpc) is 3.41. The Morgan fingerprint density at radius 1 is 1.15 bits per heavy atom. The Morgan fingerprint density at radius 2 is 1.91 bits per heavy atom. The standard InChI is InChI=1S/C24H34N4O4S2/c1-15-8-10-19(11-9-15)25-23(29)18-7-4-12-28(14-18)34(30,31)21-13-20(33-16(21)2)22-26-24(32-27-22)17-5-3-6-17/h13,15,17-19H,3-12,14H2,1-2H3,(H,25,29)/t15?,18-,19?/m1/s1. The number of carbonyl (C=O) groups excluding carboxylic acids is 1. The summed E-state index contributed by atoms with van der Waals surface area (Å²) in [6.45, 7) is 4.74. The molecule has 186 valence electrons. The van der Waals surface area contributed by atoms with Gasteiger partial charge in [0.05, 0.1) is 15.7 Å². The summed E-state index contributed by atoms with van der Waals surface area (Å²) >= 11 is 1.37. The van der Waals surface area contributed by atoms with Crippen LogP contribution in [0.5, 0.6) is 0 Å². The van der Waals surface area contributed by atoms with Crippen LogP contribution in [0.2, 0.25) is 0 Å². The van der Waals surface area contributed by atoms with Crippen molar-refractivity contribution in [2.45, 2.75) is 88.5 Å². The lowest BCUT2D eigenvalue weighted by Gasteiger charge is -2.33. The first-order chi connectivity index (χ1) is 16.3. The number of amides is 1. The summed E-state index contributed by atoms with van der Waals surface area (Å²) in [5.74, 6) is 1.85. The van der Waals surface area contributed by atoms with Crippen molar-refractivity contribution in [1.82, 2.24) is 19.8 Å². The Morgan fingerprint density at radius 3 is 2.62 bits per heavy atom. The van der Waals surface area contributed by atoms with Crippen molar-refractivity contribution in [3.8, 4) is 10.7 Å². The fourth-order valence-electron chi connectivity index (χ4n) is 5.23. The summed E-state index contributed by atoms with van der Waals surface area (Å²) in [6.07, 6.45) is 9.01. The van der Waals surface area contributed by atoms with Gasteiger partial charge in [0.1, 0.15) is 0 Å². The van der Waals surface area contributed by atoms with E-state index in [2.05, 4.69) is 22.4 Å². The SMILES string of the molecule is Cc1sc(-c2noc(C3CCC3)n2)cc1S(=O)(=O)N1CCC[C@@H](C(=O)NC2CCC(C)CC2)C1. The van der Waals surface area contributed by atoms with Crippen LogP contribution in [-0.2, 0) is 14.8 Å². The molecule has 1 aliphatic heterocycles. The highest BCUT2D eigenvalue weighted by Gasteiger charge is 2.36. The van der Waals surface area contributed by atoms with Gasteiger partial charge in [-0.3, -0.25) is 4.79 Å². The molecule has 1 N–H and O–H groups in total. The maximum Gasteiger partial charge on any atom is 0.244 e. The third kappa shape index (κ3) is 4.81. The molecule has 1 atom stereocenters. The highest BCUT2D eigenvalue weighted by Crippen LogP contribution is 2.38. The lowest BCUT2D eigenvalue weighted by atomic mass is 9.85. The molecule has 3 heterocycles. The number of nitrogens with zero attached hydrogens (tertiary/aromatic N) is 3. The quantitative estimate of drug-likeness (QED) is 0.620. The Labute approximate surface area is 205 Å². The van der Waals surface area contributed by atoms with Crippen LogP contribution in [0.3, 0.4) is 0 Å². The summed E-state index contributed by atoms with van der Waals surface area (Å²) in [4.78, 5) is 19.1. The maximum atomic E-state index is 13.6. The monoisotopic (exact) mass is 506 g/mol. The molecule has 3 aliphatic rings. The van der Waals surface area contributed by atoms with Crippen molar-refractivity contribution in [3.63, 3.8) is 0 Å². The van der Waals surface area contributed by atoms with Crippen molar-refractivity contribution >= 4 is 27.3 Å². The molecule has 5 rings (SSSR count). The summed E-state index contributed by atoms with van der Waals surface area (Å²) in [7, 11) is -3.71. The number of sulfonamides is 1. The number of nitrogens with one attached hydrogen (secondary N) is 1. The first-order valence-electron chi connectivity index (χ1n) is 12.6. The number of aromatic nitrogens is 2. The summed E-state index contributed by atoms with van der Waals surface area (Å²) < 4.78 is 34.0. The first kappa shape index (κ1) is 23.9. The number of aryl methyl sites for hydroxylation is 1. The van der Waals surface area contributed by atoms with Crippen molar-refractivity contribution in [2.24, 2.45) is 11.8 Å². The fraction of sp³-hybridized carbons (Fsp3) is 0.708. The second-order valence-electron chi connectivity index (χ2n) is 10.3. The van der Waals surface area contributed by atoms with E-state index in [1.165, 1.54) is 22.1 Å². The smallest absolute Gasteiger partial charge is 0.244 e. The van der Waals surface area contributed by atoms with E-state index in [-0.39, 0.29) is 29.3 Å². The molecule has 2 aromatic heterocycles. The van der Waals surface area contributed by atoms with Crippen LogP contribution >= 0.6 is 11.3 Å². The largest absolute Gasteiger partial charge is 0.353 e. The van der Waals surface area contributed by atoms with Crippen LogP contribution in [0.1, 0.15) is 81.4 Å². The Hall–Kier alpha value is -1.78. The molecule has 34 heavy (non-hydrogen) atoms. The zero-order valence-electron chi connectivity index (χ0n) is 20.0. The second-order valence-corrected chi connectivity index (χ2v) is 13.4. The van der Waals surface area contributed by atoms with E-state index in [1.807, 2.05) is 6.92 Å². The van der Waals surface area contributed by atoms with Gasteiger partial charge in [-0.2, -0.15) is 9.29 Å². The molecule has 0 bridgehead atoms. The summed E-state index contributed by atoms with van der Waals surface area (Å²) in [5.41, 5.74) is 0. The van der Waals surface area contributed by atoms with Crippen molar-refractivity contribution in [2.75, 3.05) is 13.1 Å². The number of carbonyl (C=O) groups is 1. The lowest BCUT2D eigenvalue weighted by molar-refractivity contribution is -0.127. The molecule has 1 saturated heterocycles. The molecule has 0 unspecified atom stereocenters. The van der Waals surface area contributed by atoms with Gasteiger partial charge in [-0.1, -0.05) is 18.5 Å². The zero-order valence-corrected chi connectivity index (χ0v) is 21.6. The highest BCUT2D eigenvalue weighted by molar-refractivity contribution is 7.89. The van der Waals surface area contributed by atoms with E-state index in [9.17, 15) is 13.2 Å². The molecular weight excluding hydrogens is 472 g/mol. The number of piperidine rings is 1. The van der Waals surface area contributed by atoms with Gasteiger partial charge in [0.25, 0.3) is 0 Å². The number of hydrogen-bond donors (Lipinski definition) is 1. The van der Waals surface area contributed by atoms with Crippen LogP contribution in [-0.4, -0.2) is 47.9 Å². The van der Waals surface area contributed by atoms with Gasteiger partial charge in [0.15, 0.2) is 0 Å². The van der Waals surface area contributed by atoms with Crippen LogP contribution in [0.4, 0.5) is 0 Å².